The molecule has 0 bridgehead atoms. The number of amides is 5. The number of rotatable bonds is 6. The van der Waals surface area contributed by atoms with Crippen molar-refractivity contribution in [1.82, 2.24) is 15.1 Å². The molecule has 1 aromatic rings. The van der Waals surface area contributed by atoms with Crippen LogP contribution in [0.15, 0.2) is 30.4 Å². The van der Waals surface area contributed by atoms with Gasteiger partial charge >= 0.3 is 6.03 Å². The molecule has 1 N–H and O–H groups in total. The topological polar surface area (TPSA) is 108 Å². The number of methoxy groups -OCH3 is 1. The van der Waals surface area contributed by atoms with E-state index in [0.29, 0.717) is 43.2 Å². The number of hydrogen-bond acceptors (Lipinski definition) is 6. The average molecular weight is 499 g/mol. The van der Waals surface area contributed by atoms with Gasteiger partial charge in [0.25, 0.3) is 5.91 Å². The monoisotopic (exact) mass is 498 g/mol. The van der Waals surface area contributed by atoms with Gasteiger partial charge in [0.1, 0.15) is 5.75 Å². The van der Waals surface area contributed by atoms with E-state index in [1.54, 1.807) is 30.4 Å². The van der Waals surface area contributed by atoms with Crippen LogP contribution < -0.4 is 15.0 Å². The number of imide groups is 1. The van der Waals surface area contributed by atoms with Gasteiger partial charge in [-0.25, -0.2) is 4.79 Å². The first-order valence-electron chi connectivity index (χ1n) is 12.5. The van der Waals surface area contributed by atoms with Crippen LogP contribution in [0.1, 0.15) is 49.4 Å². The molecular formula is C26H34N4O6. The van der Waals surface area contributed by atoms with E-state index in [4.69, 9.17) is 9.47 Å². The van der Waals surface area contributed by atoms with Gasteiger partial charge in [-0.3, -0.25) is 24.6 Å². The third kappa shape index (κ3) is 5.87. The predicted octanol–water partition coefficient (Wildman–Crippen LogP) is 2.33. The van der Waals surface area contributed by atoms with Crippen molar-refractivity contribution in [3.05, 3.63) is 35.9 Å². The summed E-state index contributed by atoms with van der Waals surface area (Å²) in [6.45, 7) is 4.64. The average Bonchev–Trinajstić information content (AvgIpc) is 2.89. The van der Waals surface area contributed by atoms with Crippen LogP contribution >= 0.6 is 0 Å². The summed E-state index contributed by atoms with van der Waals surface area (Å²) >= 11 is 0. The highest BCUT2D eigenvalue weighted by atomic mass is 16.5. The molecular weight excluding hydrogens is 464 g/mol. The molecule has 36 heavy (non-hydrogen) atoms. The van der Waals surface area contributed by atoms with Gasteiger partial charge in [0.15, 0.2) is 0 Å². The highest BCUT2D eigenvalue weighted by Gasteiger charge is 2.30. The van der Waals surface area contributed by atoms with Crippen molar-refractivity contribution in [2.45, 2.75) is 51.2 Å². The van der Waals surface area contributed by atoms with Crippen LogP contribution in [-0.4, -0.2) is 85.6 Å². The van der Waals surface area contributed by atoms with E-state index in [1.165, 1.54) is 12.0 Å². The van der Waals surface area contributed by atoms with Crippen molar-refractivity contribution < 1.29 is 28.7 Å². The Labute approximate surface area is 211 Å². The van der Waals surface area contributed by atoms with Crippen LogP contribution in [0, 0.1) is 0 Å². The van der Waals surface area contributed by atoms with E-state index >= 15 is 0 Å². The highest BCUT2D eigenvalue weighted by molar-refractivity contribution is 6.07. The van der Waals surface area contributed by atoms with Crippen LogP contribution in [0.25, 0.3) is 0 Å². The van der Waals surface area contributed by atoms with Gasteiger partial charge < -0.3 is 19.3 Å². The zero-order valence-electron chi connectivity index (χ0n) is 20.9. The van der Waals surface area contributed by atoms with Crippen LogP contribution in [0.4, 0.5) is 10.5 Å². The summed E-state index contributed by atoms with van der Waals surface area (Å²) in [7, 11) is 1.50. The second-order valence-corrected chi connectivity index (χ2v) is 9.29. The van der Waals surface area contributed by atoms with Gasteiger partial charge in [-0.15, -0.1) is 0 Å². The fraction of sp³-hybridized carbons (Fsp3) is 0.538. The fourth-order valence-electron chi connectivity index (χ4n) is 4.94. The Morgan fingerprint density at radius 1 is 0.972 bits per heavy atom. The van der Waals surface area contributed by atoms with E-state index in [2.05, 4.69) is 5.32 Å². The number of nitrogens with zero attached hydrogens (tertiary/aromatic N) is 3. The number of nitrogens with one attached hydrogen (secondary N) is 1. The number of benzene rings is 1. The molecule has 1 aromatic carbocycles. The first kappa shape index (κ1) is 25.7. The van der Waals surface area contributed by atoms with E-state index in [-0.39, 0.29) is 42.9 Å². The van der Waals surface area contributed by atoms with Gasteiger partial charge in [0, 0.05) is 44.7 Å². The molecule has 5 amide bonds. The number of carbonyl (C=O) groups is 4. The zero-order valence-corrected chi connectivity index (χ0v) is 20.9. The largest absolute Gasteiger partial charge is 0.495 e. The molecule has 194 valence electrons. The molecule has 3 aliphatic heterocycles. The molecule has 3 saturated heterocycles. The fourth-order valence-corrected chi connectivity index (χ4v) is 4.94. The van der Waals surface area contributed by atoms with E-state index in [1.807, 2.05) is 16.7 Å². The van der Waals surface area contributed by atoms with Crippen molar-refractivity contribution >= 4 is 29.4 Å². The number of ether oxygens (including phenoxy) is 2. The Balaban J connectivity index is 1.31. The van der Waals surface area contributed by atoms with Gasteiger partial charge in [0.2, 0.25) is 11.8 Å². The van der Waals surface area contributed by atoms with Crippen molar-refractivity contribution in [2.75, 3.05) is 44.7 Å². The lowest BCUT2D eigenvalue weighted by Crippen LogP contribution is -2.49. The molecule has 0 unspecified atom stereocenters. The summed E-state index contributed by atoms with van der Waals surface area (Å²) < 4.78 is 11.7. The second kappa shape index (κ2) is 11.6. The maximum Gasteiger partial charge on any atom is 0.328 e. The Hall–Kier alpha value is -3.40. The summed E-state index contributed by atoms with van der Waals surface area (Å²) in [4.78, 5) is 54.2. The lowest BCUT2D eigenvalue weighted by atomic mass is 10.0. The number of piperidine rings is 2. The van der Waals surface area contributed by atoms with Crippen molar-refractivity contribution in [1.29, 1.82) is 0 Å². The number of hydrogen-bond donors (Lipinski definition) is 1. The number of urea groups is 1. The number of allylic oxidation sites excluding steroid dienone is 1. The van der Waals surface area contributed by atoms with Crippen LogP contribution in [-0.2, 0) is 14.3 Å². The molecule has 0 atom stereocenters. The van der Waals surface area contributed by atoms with Crippen molar-refractivity contribution in [3.8, 4) is 5.75 Å². The standard InChI is InChI=1S/C26H34N4O6/c1-3-4-24(32)28-12-7-19(8-13-28)36-20-9-14-29(15-10-20)25(33)18-5-6-22(35-2)21(17-18)30-16-11-23(31)27-26(30)34/h3-6,17,19-20H,7-16H2,1-2H3,(H,27,31,34)/b4-3+. The summed E-state index contributed by atoms with van der Waals surface area (Å²) in [5.74, 6) is 0.0855. The van der Waals surface area contributed by atoms with Crippen LogP contribution in [0.3, 0.4) is 0 Å². The SMILES string of the molecule is C/C=C/C(=O)N1CCC(OC2CCN(C(=O)c3ccc(OC)c(N4CCC(=O)NC4=O)c3)CC2)CC1. The third-order valence-electron chi connectivity index (χ3n) is 6.95. The van der Waals surface area contributed by atoms with Crippen molar-refractivity contribution in [2.24, 2.45) is 0 Å². The summed E-state index contributed by atoms with van der Waals surface area (Å²) in [6, 6.07) is 4.50. The maximum absolute atomic E-state index is 13.2. The first-order chi connectivity index (χ1) is 17.4. The molecule has 0 aliphatic carbocycles. The number of likely N-dealkylation sites (tertiary alicyclic amines) is 2. The summed E-state index contributed by atoms with van der Waals surface area (Å²) in [5.41, 5.74) is 0.929. The van der Waals surface area contributed by atoms with E-state index < -0.39 is 6.03 Å². The molecule has 3 heterocycles. The van der Waals surface area contributed by atoms with E-state index in [0.717, 1.165) is 25.7 Å². The van der Waals surface area contributed by atoms with Gasteiger partial charge in [0.05, 0.1) is 25.0 Å². The number of anilines is 1. The van der Waals surface area contributed by atoms with Gasteiger partial charge in [-0.05, 0) is 56.9 Å². The Bertz CT molecular complexity index is 1030. The van der Waals surface area contributed by atoms with Gasteiger partial charge in [-0.1, -0.05) is 6.08 Å². The Morgan fingerprint density at radius 3 is 2.19 bits per heavy atom. The Kier molecular flexibility index (Phi) is 8.25. The van der Waals surface area contributed by atoms with E-state index in [9.17, 15) is 19.2 Å². The highest BCUT2D eigenvalue weighted by Crippen LogP contribution is 2.31. The molecule has 10 nitrogen and oxygen atoms in total. The minimum atomic E-state index is -0.524. The zero-order chi connectivity index (χ0) is 25.7. The Morgan fingerprint density at radius 2 is 1.61 bits per heavy atom. The molecule has 4 rings (SSSR count). The lowest BCUT2D eigenvalue weighted by Gasteiger charge is -2.37. The lowest BCUT2D eigenvalue weighted by molar-refractivity contribution is -0.130. The van der Waals surface area contributed by atoms with Crippen LogP contribution in [0.5, 0.6) is 5.75 Å². The molecule has 0 saturated carbocycles. The molecule has 3 aliphatic rings. The molecule has 0 aromatic heterocycles. The molecule has 0 radical (unpaired) electrons. The molecule has 0 spiro atoms. The normalized spacial score (nSPS) is 20.1. The predicted molar refractivity (Wildman–Crippen MR) is 133 cm³/mol. The molecule has 10 heteroatoms. The molecule has 3 fully saturated rings. The first-order valence-corrected chi connectivity index (χ1v) is 12.5. The summed E-state index contributed by atoms with van der Waals surface area (Å²) in [6.07, 6.45) is 6.94. The quantitative estimate of drug-likeness (QED) is 0.603. The summed E-state index contributed by atoms with van der Waals surface area (Å²) in [5, 5.41) is 2.30. The smallest absolute Gasteiger partial charge is 0.328 e. The third-order valence-corrected chi connectivity index (χ3v) is 6.95. The minimum absolute atomic E-state index is 0.0545. The number of carbonyl (C=O) groups excluding carboxylic acids is 4. The van der Waals surface area contributed by atoms with Crippen molar-refractivity contribution in [3.63, 3.8) is 0 Å². The van der Waals surface area contributed by atoms with Gasteiger partial charge in [-0.2, -0.15) is 0 Å². The minimum Gasteiger partial charge on any atom is -0.495 e. The van der Waals surface area contributed by atoms with Crippen LogP contribution in [0.2, 0.25) is 0 Å². The second-order valence-electron chi connectivity index (χ2n) is 9.29. The maximum atomic E-state index is 13.2.